The van der Waals surface area contributed by atoms with Gasteiger partial charge >= 0.3 is 0 Å². The van der Waals surface area contributed by atoms with Gasteiger partial charge in [-0.25, -0.2) is 4.39 Å². The van der Waals surface area contributed by atoms with Gasteiger partial charge in [-0.2, -0.15) is 0 Å². The predicted molar refractivity (Wildman–Crippen MR) is 119 cm³/mol. The molecular formula is C21H33FIN3O. The van der Waals surface area contributed by atoms with Gasteiger partial charge in [0.25, 0.3) is 0 Å². The quantitative estimate of drug-likeness (QED) is 0.370. The van der Waals surface area contributed by atoms with E-state index in [4.69, 9.17) is 9.73 Å². The van der Waals surface area contributed by atoms with Crippen LogP contribution in [0.4, 0.5) is 4.39 Å². The molecule has 2 aliphatic rings. The minimum Gasteiger partial charge on any atom is -0.384 e. The second-order valence-corrected chi connectivity index (χ2v) is 7.72. The van der Waals surface area contributed by atoms with E-state index in [2.05, 4.69) is 17.1 Å². The first-order chi connectivity index (χ1) is 12.7. The molecule has 1 aliphatic heterocycles. The SMILES string of the molecule is CCNC(=NCC1(c2ccc(F)cc2)CCCC1)N1CCC(COC)C1.I. The fourth-order valence-electron chi connectivity index (χ4n) is 4.44. The normalized spacial score (nSPS) is 22.0. The molecule has 1 saturated carbocycles. The zero-order valence-corrected chi connectivity index (χ0v) is 18.9. The maximum Gasteiger partial charge on any atom is 0.193 e. The Balaban J connectivity index is 0.00000261. The number of hydrogen-bond donors (Lipinski definition) is 1. The van der Waals surface area contributed by atoms with Crippen molar-refractivity contribution in [3.05, 3.63) is 35.6 Å². The number of ether oxygens (including phenoxy) is 1. The Hall–Kier alpha value is -0.890. The Labute approximate surface area is 180 Å². The minimum atomic E-state index is -0.167. The van der Waals surface area contributed by atoms with E-state index < -0.39 is 0 Å². The summed E-state index contributed by atoms with van der Waals surface area (Å²) in [4.78, 5) is 7.40. The molecule has 1 saturated heterocycles. The van der Waals surface area contributed by atoms with E-state index in [-0.39, 0.29) is 35.2 Å². The molecule has 1 aromatic rings. The Morgan fingerprint density at radius 2 is 2.00 bits per heavy atom. The monoisotopic (exact) mass is 489 g/mol. The van der Waals surface area contributed by atoms with Crippen molar-refractivity contribution in [2.24, 2.45) is 10.9 Å². The topological polar surface area (TPSA) is 36.9 Å². The summed E-state index contributed by atoms with van der Waals surface area (Å²) in [6.07, 6.45) is 5.87. The zero-order chi connectivity index (χ0) is 18.4. The van der Waals surface area contributed by atoms with E-state index in [0.717, 1.165) is 58.0 Å². The number of benzene rings is 1. The van der Waals surface area contributed by atoms with E-state index in [1.54, 1.807) is 19.2 Å². The number of halogens is 2. The van der Waals surface area contributed by atoms with Crippen molar-refractivity contribution in [2.75, 3.05) is 39.9 Å². The van der Waals surface area contributed by atoms with Crippen LogP contribution in [0.5, 0.6) is 0 Å². The molecule has 1 N–H and O–H groups in total. The third-order valence-corrected chi connectivity index (χ3v) is 5.87. The summed E-state index contributed by atoms with van der Waals surface area (Å²) in [7, 11) is 1.77. The molecule has 0 radical (unpaired) electrons. The molecule has 0 amide bonds. The van der Waals surface area contributed by atoms with Crippen LogP contribution in [0, 0.1) is 11.7 Å². The van der Waals surface area contributed by atoms with Crippen LogP contribution in [0.25, 0.3) is 0 Å². The van der Waals surface area contributed by atoms with Crippen LogP contribution in [-0.2, 0) is 10.2 Å². The molecule has 0 aromatic heterocycles. The van der Waals surface area contributed by atoms with Crippen molar-refractivity contribution < 1.29 is 9.13 Å². The summed E-state index contributed by atoms with van der Waals surface area (Å²) in [5.74, 6) is 1.43. The van der Waals surface area contributed by atoms with Crippen molar-refractivity contribution in [3.63, 3.8) is 0 Å². The summed E-state index contributed by atoms with van der Waals surface area (Å²) in [5, 5.41) is 3.46. The highest BCUT2D eigenvalue weighted by molar-refractivity contribution is 14.0. The zero-order valence-electron chi connectivity index (χ0n) is 16.5. The fraction of sp³-hybridized carbons (Fsp3) is 0.667. The van der Waals surface area contributed by atoms with E-state index in [9.17, 15) is 4.39 Å². The fourth-order valence-corrected chi connectivity index (χ4v) is 4.44. The van der Waals surface area contributed by atoms with Crippen LogP contribution in [-0.4, -0.2) is 50.8 Å². The van der Waals surface area contributed by atoms with Gasteiger partial charge in [-0.3, -0.25) is 4.99 Å². The lowest BCUT2D eigenvalue weighted by molar-refractivity contribution is 0.157. The van der Waals surface area contributed by atoms with E-state index >= 15 is 0 Å². The first kappa shape index (κ1) is 22.4. The lowest BCUT2D eigenvalue weighted by atomic mass is 9.79. The van der Waals surface area contributed by atoms with Crippen LogP contribution in [0.2, 0.25) is 0 Å². The standard InChI is InChI=1S/C21H32FN3O.HI/c1-3-23-20(25-13-10-17(14-25)15-26-2)24-16-21(11-4-5-12-21)18-6-8-19(22)9-7-18;/h6-9,17H,3-5,10-16H2,1-2H3,(H,23,24);1H. The summed E-state index contributed by atoms with van der Waals surface area (Å²) < 4.78 is 18.7. The van der Waals surface area contributed by atoms with Gasteiger partial charge in [0.1, 0.15) is 5.82 Å². The first-order valence-corrected chi connectivity index (χ1v) is 9.95. The number of nitrogens with one attached hydrogen (secondary N) is 1. The summed E-state index contributed by atoms with van der Waals surface area (Å²) >= 11 is 0. The maximum atomic E-state index is 13.4. The van der Waals surface area contributed by atoms with Gasteiger partial charge in [0.2, 0.25) is 0 Å². The molecule has 0 spiro atoms. The van der Waals surface area contributed by atoms with Crippen molar-refractivity contribution in [2.45, 2.75) is 44.4 Å². The third-order valence-electron chi connectivity index (χ3n) is 5.87. The molecule has 2 fully saturated rings. The van der Waals surface area contributed by atoms with Crippen LogP contribution in [0.15, 0.2) is 29.3 Å². The van der Waals surface area contributed by atoms with Gasteiger partial charge < -0.3 is 15.0 Å². The molecule has 3 rings (SSSR count). The molecule has 1 unspecified atom stereocenters. The summed E-state index contributed by atoms with van der Waals surface area (Å²) in [6, 6.07) is 7.07. The van der Waals surface area contributed by atoms with Crippen molar-refractivity contribution >= 4 is 29.9 Å². The van der Waals surface area contributed by atoms with Gasteiger partial charge in [-0.05, 0) is 43.9 Å². The Kier molecular flexibility index (Phi) is 8.79. The van der Waals surface area contributed by atoms with Crippen molar-refractivity contribution in [3.8, 4) is 0 Å². The molecule has 1 atom stereocenters. The number of guanidine groups is 1. The first-order valence-electron chi connectivity index (χ1n) is 9.95. The molecule has 152 valence electrons. The highest BCUT2D eigenvalue weighted by Crippen LogP contribution is 2.41. The number of likely N-dealkylation sites (tertiary alicyclic amines) is 1. The van der Waals surface area contributed by atoms with Gasteiger partial charge in [-0.15, -0.1) is 24.0 Å². The van der Waals surface area contributed by atoms with Crippen molar-refractivity contribution in [1.82, 2.24) is 10.2 Å². The second kappa shape index (κ2) is 10.6. The predicted octanol–water partition coefficient (Wildman–Crippen LogP) is 4.19. The maximum absolute atomic E-state index is 13.4. The lowest BCUT2D eigenvalue weighted by Gasteiger charge is -2.29. The molecule has 1 heterocycles. The Morgan fingerprint density at radius 3 is 2.63 bits per heavy atom. The van der Waals surface area contributed by atoms with Crippen LogP contribution < -0.4 is 5.32 Å². The average molecular weight is 489 g/mol. The molecule has 6 heteroatoms. The number of hydrogen-bond acceptors (Lipinski definition) is 2. The number of rotatable bonds is 6. The van der Waals surface area contributed by atoms with E-state index in [1.807, 2.05) is 12.1 Å². The van der Waals surface area contributed by atoms with Crippen molar-refractivity contribution in [1.29, 1.82) is 0 Å². The average Bonchev–Trinajstić information content (AvgIpc) is 3.30. The number of nitrogens with zero attached hydrogens (tertiary/aromatic N) is 2. The molecule has 0 bridgehead atoms. The summed E-state index contributed by atoms with van der Waals surface area (Å²) in [5.41, 5.74) is 1.29. The van der Waals surface area contributed by atoms with Gasteiger partial charge in [-0.1, -0.05) is 25.0 Å². The largest absolute Gasteiger partial charge is 0.384 e. The minimum absolute atomic E-state index is 0. The summed E-state index contributed by atoms with van der Waals surface area (Å²) in [6.45, 7) is 6.60. The van der Waals surface area contributed by atoms with Crippen LogP contribution in [0.1, 0.15) is 44.6 Å². The molecule has 27 heavy (non-hydrogen) atoms. The molecule has 1 aromatic carbocycles. The number of methoxy groups -OCH3 is 1. The second-order valence-electron chi connectivity index (χ2n) is 7.72. The highest BCUT2D eigenvalue weighted by Gasteiger charge is 2.36. The molecule has 4 nitrogen and oxygen atoms in total. The lowest BCUT2D eigenvalue weighted by Crippen LogP contribution is -2.41. The highest BCUT2D eigenvalue weighted by atomic mass is 127. The third kappa shape index (κ3) is 5.56. The number of aliphatic imine (C=N–C) groups is 1. The molecule has 1 aliphatic carbocycles. The van der Waals surface area contributed by atoms with Crippen LogP contribution in [0.3, 0.4) is 0 Å². The van der Waals surface area contributed by atoms with Crippen LogP contribution >= 0.6 is 24.0 Å². The van der Waals surface area contributed by atoms with E-state index in [1.165, 1.54) is 18.4 Å². The van der Waals surface area contributed by atoms with E-state index in [0.29, 0.717) is 5.92 Å². The molecular weight excluding hydrogens is 456 g/mol. The van der Waals surface area contributed by atoms with Gasteiger partial charge in [0.15, 0.2) is 5.96 Å². The Bertz CT molecular complexity index is 602. The Morgan fingerprint density at radius 1 is 1.30 bits per heavy atom. The smallest absolute Gasteiger partial charge is 0.193 e. The van der Waals surface area contributed by atoms with Gasteiger partial charge in [0.05, 0.1) is 13.2 Å². The van der Waals surface area contributed by atoms with Gasteiger partial charge in [0, 0.05) is 38.1 Å².